The number of rotatable bonds is 6. The number of halogens is 1. The molecule has 2 N–H and O–H groups in total. The number of pyridine rings is 2. The van der Waals surface area contributed by atoms with Crippen LogP contribution >= 0.6 is 0 Å². The van der Waals surface area contributed by atoms with Crippen LogP contribution in [0.4, 0.5) is 10.1 Å². The van der Waals surface area contributed by atoms with E-state index < -0.39 is 0 Å². The maximum Gasteiger partial charge on any atom is 0.169 e. The summed E-state index contributed by atoms with van der Waals surface area (Å²) in [5.74, 6) is 0.401. The molecule has 1 saturated carbocycles. The number of benzene rings is 1. The van der Waals surface area contributed by atoms with E-state index in [4.69, 9.17) is 10.5 Å². The van der Waals surface area contributed by atoms with Gasteiger partial charge in [-0.3, -0.25) is 14.8 Å². The Morgan fingerprint density at radius 3 is 2.86 bits per heavy atom. The van der Waals surface area contributed by atoms with E-state index in [-0.39, 0.29) is 30.1 Å². The summed E-state index contributed by atoms with van der Waals surface area (Å²) >= 11 is 0. The van der Waals surface area contributed by atoms with E-state index in [1.165, 1.54) is 6.07 Å². The van der Waals surface area contributed by atoms with Gasteiger partial charge in [0.05, 0.1) is 30.0 Å². The average molecular weight is 477 g/mol. The molecule has 5 rings (SSSR count). The smallest absolute Gasteiger partial charge is 0.169 e. The summed E-state index contributed by atoms with van der Waals surface area (Å²) in [5.41, 5.74) is 10.0. The first-order valence-corrected chi connectivity index (χ1v) is 12.5. The van der Waals surface area contributed by atoms with Gasteiger partial charge in [0, 0.05) is 49.5 Å². The zero-order valence-electron chi connectivity index (χ0n) is 20.4. The van der Waals surface area contributed by atoms with Crippen molar-refractivity contribution in [3.05, 3.63) is 65.4 Å². The minimum atomic E-state index is -0.380. The maximum atomic E-state index is 14.8. The van der Waals surface area contributed by atoms with Crippen molar-refractivity contribution in [3.8, 4) is 0 Å². The molecule has 3 aromatic rings. The Kier molecular flexibility index (Phi) is 6.80. The second kappa shape index (κ2) is 9.99. The fraction of sp³-hybridized carbons (Fsp3) is 0.464. The van der Waals surface area contributed by atoms with Crippen LogP contribution in [0, 0.1) is 11.7 Å². The molecular formula is C28H33FN4O2. The van der Waals surface area contributed by atoms with Crippen molar-refractivity contribution in [2.24, 2.45) is 11.7 Å². The van der Waals surface area contributed by atoms with Crippen LogP contribution in [0.25, 0.3) is 10.9 Å². The number of hydrogen-bond donors (Lipinski definition) is 1. The Morgan fingerprint density at radius 1 is 1.23 bits per heavy atom. The van der Waals surface area contributed by atoms with Crippen molar-refractivity contribution >= 4 is 22.4 Å². The number of carbonyl (C=O) groups is 1. The highest BCUT2D eigenvalue weighted by Gasteiger charge is 2.28. The molecular weight excluding hydrogens is 443 g/mol. The molecule has 1 saturated heterocycles. The number of fused-ring (bicyclic) bond motifs is 1. The van der Waals surface area contributed by atoms with E-state index >= 15 is 0 Å². The molecule has 0 amide bonds. The van der Waals surface area contributed by atoms with Crippen LogP contribution in [0.15, 0.2) is 42.9 Å². The highest BCUT2D eigenvalue weighted by Crippen LogP contribution is 2.37. The standard InChI is InChI=1S/C28H33FN4O2/c1-17-9-18(11-20(30)10-17)23-5-7-31-14-19(23)12-27(34)24-3-4-26(29)25-13-22(15-32-28(24)25)33(2)21-6-8-35-16-21/h3-5,7,13-15,17-18,20-21H,6,8-12,16,30H2,1-2H3/t17-,18+,20-,21?/m0/s1. The molecule has 6 nitrogen and oxygen atoms in total. The predicted molar refractivity (Wildman–Crippen MR) is 135 cm³/mol. The third kappa shape index (κ3) is 4.93. The molecule has 4 atom stereocenters. The van der Waals surface area contributed by atoms with Gasteiger partial charge in [-0.05, 0) is 72.9 Å². The minimum Gasteiger partial charge on any atom is -0.379 e. The van der Waals surface area contributed by atoms with Crippen molar-refractivity contribution in [2.45, 2.75) is 57.0 Å². The Morgan fingerprint density at radius 2 is 2.09 bits per heavy atom. The summed E-state index contributed by atoms with van der Waals surface area (Å²) < 4.78 is 20.3. The van der Waals surface area contributed by atoms with Gasteiger partial charge >= 0.3 is 0 Å². The summed E-state index contributed by atoms with van der Waals surface area (Å²) in [6.07, 6.45) is 9.43. The number of Topliss-reactive ketones (excluding diaryl/α,β-unsaturated/α-hetero) is 1. The van der Waals surface area contributed by atoms with Gasteiger partial charge in [-0.2, -0.15) is 0 Å². The summed E-state index contributed by atoms with van der Waals surface area (Å²) in [7, 11) is 1.97. The largest absolute Gasteiger partial charge is 0.379 e. The number of anilines is 1. The first-order valence-electron chi connectivity index (χ1n) is 12.5. The van der Waals surface area contributed by atoms with Crippen LogP contribution in [-0.4, -0.2) is 48.1 Å². The van der Waals surface area contributed by atoms with Gasteiger partial charge in [0.15, 0.2) is 5.78 Å². The second-order valence-electron chi connectivity index (χ2n) is 10.3. The zero-order valence-corrected chi connectivity index (χ0v) is 20.4. The van der Waals surface area contributed by atoms with Gasteiger partial charge in [-0.1, -0.05) is 6.92 Å². The van der Waals surface area contributed by atoms with Gasteiger partial charge < -0.3 is 15.4 Å². The molecule has 2 aromatic heterocycles. The lowest BCUT2D eigenvalue weighted by Crippen LogP contribution is -2.31. The van der Waals surface area contributed by atoms with Crippen LogP contribution in [0.1, 0.15) is 60.0 Å². The highest BCUT2D eigenvalue weighted by molar-refractivity contribution is 6.08. The number of ether oxygens (including phenoxy) is 1. The van der Waals surface area contributed by atoms with Crippen molar-refractivity contribution in [1.82, 2.24) is 9.97 Å². The van der Waals surface area contributed by atoms with Crippen molar-refractivity contribution in [3.63, 3.8) is 0 Å². The molecule has 1 aliphatic heterocycles. The van der Waals surface area contributed by atoms with E-state index in [9.17, 15) is 9.18 Å². The van der Waals surface area contributed by atoms with Crippen molar-refractivity contribution < 1.29 is 13.9 Å². The summed E-state index contributed by atoms with van der Waals surface area (Å²) in [5, 5.41) is 0.359. The van der Waals surface area contributed by atoms with Crippen molar-refractivity contribution in [2.75, 3.05) is 25.2 Å². The molecule has 7 heteroatoms. The monoisotopic (exact) mass is 476 g/mol. The van der Waals surface area contributed by atoms with Crippen LogP contribution in [-0.2, 0) is 11.2 Å². The first kappa shape index (κ1) is 23.8. The molecule has 1 aromatic carbocycles. The third-order valence-electron chi connectivity index (χ3n) is 7.65. The second-order valence-corrected chi connectivity index (χ2v) is 10.3. The van der Waals surface area contributed by atoms with Crippen LogP contribution < -0.4 is 10.6 Å². The van der Waals surface area contributed by atoms with Crippen molar-refractivity contribution in [1.29, 1.82) is 0 Å². The van der Waals surface area contributed by atoms with Gasteiger partial charge in [-0.15, -0.1) is 0 Å². The van der Waals surface area contributed by atoms with Gasteiger partial charge in [0.25, 0.3) is 0 Å². The summed E-state index contributed by atoms with van der Waals surface area (Å²) in [6, 6.07) is 7.14. The van der Waals surface area contributed by atoms with E-state index in [2.05, 4.69) is 21.8 Å². The summed E-state index contributed by atoms with van der Waals surface area (Å²) in [4.78, 5) is 24.4. The topological polar surface area (TPSA) is 81.3 Å². The molecule has 3 heterocycles. The van der Waals surface area contributed by atoms with Gasteiger partial charge in [0.1, 0.15) is 5.82 Å². The lowest BCUT2D eigenvalue weighted by atomic mass is 9.75. The van der Waals surface area contributed by atoms with E-state index in [0.29, 0.717) is 34.9 Å². The minimum absolute atomic E-state index is 0.0878. The molecule has 0 radical (unpaired) electrons. The van der Waals surface area contributed by atoms with Gasteiger partial charge in [-0.25, -0.2) is 4.39 Å². The molecule has 0 spiro atoms. The molecule has 2 aliphatic rings. The van der Waals surface area contributed by atoms with E-state index in [1.807, 2.05) is 13.1 Å². The SMILES string of the molecule is C[C@@H]1C[C@H](N)C[C@H](c2ccncc2CC(=O)c2ccc(F)c3cc(N(C)C4CCOC4)cnc23)C1. The number of ketones is 1. The summed E-state index contributed by atoms with van der Waals surface area (Å²) in [6.45, 7) is 3.61. The Balaban J connectivity index is 1.43. The Bertz CT molecular complexity index is 1220. The molecule has 35 heavy (non-hydrogen) atoms. The first-order chi connectivity index (χ1) is 16.9. The van der Waals surface area contributed by atoms with Crippen LogP contribution in [0.5, 0.6) is 0 Å². The molecule has 1 aliphatic carbocycles. The zero-order chi connectivity index (χ0) is 24.5. The number of aromatic nitrogens is 2. The van der Waals surface area contributed by atoms with E-state index in [0.717, 1.165) is 49.1 Å². The van der Waals surface area contributed by atoms with Crippen LogP contribution in [0.3, 0.4) is 0 Å². The normalized spacial score (nSPS) is 24.6. The Hall–Kier alpha value is -2.90. The molecule has 0 bridgehead atoms. The quantitative estimate of drug-likeness (QED) is 0.522. The molecule has 184 valence electrons. The fourth-order valence-electron chi connectivity index (χ4n) is 5.79. The van der Waals surface area contributed by atoms with Crippen LogP contribution in [0.2, 0.25) is 0 Å². The van der Waals surface area contributed by atoms with Gasteiger partial charge in [0.2, 0.25) is 0 Å². The average Bonchev–Trinajstić information content (AvgIpc) is 3.38. The number of nitrogens with two attached hydrogens (primary N) is 1. The number of nitrogens with zero attached hydrogens (tertiary/aromatic N) is 3. The maximum absolute atomic E-state index is 14.8. The number of carbonyl (C=O) groups excluding carboxylic acids is 1. The lowest BCUT2D eigenvalue weighted by Gasteiger charge is -2.32. The van der Waals surface area contributed by atoms with E-state index in [1.54, 1.807) is 30.7 Å². The lowest BCUT2D eigenvalue weighted by molar-refractivity contribution is 0.0994. The third-order valence-corrected chi connectivity index (χ3v) is 7.65. The fourth-order valence-corrected chi connectivity index (χ4v) is 5.79. The molecule has 2 fully saturated rings. The highest BCUT2D eigenvalue weighted by atomic mass is 19.1. The molecule has 1 unspecified atom stereocenters. The predicted octanol–water partition coefficient (Wildman–Crippen LogP) is 4.65. The number of likely N-dealkylation sites (N-methyl/N-ethyl adjacent to an activating group) is 1. The number of hydrogen-bond acceptors (Lipinski definition) is 6. The Labute approximate surface area is 205 Å².